The molecule has 0 fully saturated rings. The van der Waals surface area contributed by atoms with Gasteiger partial charge in [0.15, 0.2) is 0 Å². The van der Waals surface area contributed by atoms with E-state index in [2.05, 4.69) is 43.5 Å². The molecule has 0 aliphatic rings. The quantitative estimate of drug-likeness (QED) is 0.0362. The lowest BCUT2D eigenvalue weighted by Gasteiger charge is -2.21. The van der Waals surface area contributed by atoms with Crippen LogP contribution in [0.3, 0.4) is 0 Å². The molecule has 0 aromatic heterocycles. The van der Waals surface area contributed by atoms with E-state index in [0.717, 1.165) is 44.9 Å². The zero-order valence-corrected chi connectivity index (χ0v) is 41.8. The topological polar surface area (TPSA) is 89.8 Å². The molecule has 3 atom stereocenters. The SMILES string of the molecule is CCCC/C=C/CC/C=C/CC/C=C/C(O)C(CO)NC(=O)C(O)CCCCCCCCCCCCCCCCCCCCCCCCCCCCCCCCCCCCCC. The lowest BCUT2D eigenvalue weighted by Crippen LogP contribution is -2.48. The van der Waals surface area contributed by atoms with Crippen LogP contribution in [0.1, 0.15) is 296 Å². The monoisotopic (exact) mass is 872 g/mol. The van der Waals surface area contributed by atoms with Crippen molar-refractivity contribution in [1.29, 1.82) is 0 Å². The predicted octanol–water partition coefficient (Wildman–Crippen LogP) is 17.1. The van der Waals surface area contributed by atoms with Crippen molar-refractivity contribution in [2.45, 2.75) is 315 Å². The molecule has 0 saturated carbocycles. The van der Waals surface area contributed by atoms with Crippen LogP contribution in [0.25, 0.3) is 0 Å². The second kappa shape index (κ2) is 52.2. The fourth-order valence-corrected chi connectivity index (χ4v) is 8.62. The lowest BCUT2D eigenvalue weighted by atomic mass is 10.0. The van der Waals surface area contributed by atoms with E-state index < -0.39 is 24.2 Å². The highest BCUT2D eigenvalue weighted by molar-refractivity contribution is 5.80. The van der Waals surface area contributed by atoms with Gasteiger partial charge in [-0.05, 0) is 38.5 Å². The Morgan fingerprint density at radius 1 is 0.387 bits per heavy atom. The van der Waals surface area contributed by atoms with Crippen molar-refractivity contribution in [1.82, 2.24) is 5.32 Å². The highest BCUT2D eigenvalue weighted by Crippen LogP contribution is 2.18. The normalized spacial score (nSPS) is 13.6. The van der Waals surface area contributed by atoms with Crippen molar-refractivity contribution in [3.63, 3.8) is 0 Å². The van der Waals surface area contributed by atoms with Crippen molar-refractivity contribution in [2.24, 2.45) is 0 Å². The maximum absolute atomic E-state index is 12.5. The number of allylic oxidation sites excluding steroid dienone is 5. The molecule has 5 nitrogen and oxygen atoms in total. The van der Waals surface area contributed by atoms with Gasteiger partial charge in [0, 0.05) is 0 Å². The second-order valence-corrected chi connectivity index (χ2v) is 19.1. The Balaban J connectivity index is 3.44. The van der Waals surface area contributed by atoms with Gasteiger partial charge in [0.2, 0.25) is 5.91 Å². The molecule has 0 aliphatic carbocycles. The number of rotatable bonds is 51. The van der Waals surface area contributed by atoms with Crippen molar-refractivity contribution < 1.29 is 20.1 Å². The number of unbranched alkanes of at least 4 members (excludes halogenated alkanes) is 39. The molecule has 0 heterocycles. The second-order valence-electron chi connectivity index (χ2n) is 19.1. The molecule has 5 heteroatoms. The van der Waals surface area contributed by atoms with Crippen LogP contribution in [-0.4, -0.2) is 46.1 Å². The Kier molecular flexibility index (Phi) is 51.0. The molecule has 62 heavy (non-hydrogen) atoms. The third-order valence-electron chi connectivity index (χ3n) is 13.0. The highest BCUT2D eigenvalue weighted by Gasteiger charge is 2.22. The van der Waals surface area contributed by atoms with Gasteiger partial charge >= 0.3 is 0 Å². The van der Waals surface area contributed by atoms with E-state index in [1.807, 2.05) is 6.08 Å². The number of hydrogen-bond donors (Lipinski definition) is 4. The summed E-state index contributed by atoms with van der Waals surface area (Å²) in [5.41, 5.74) is 0. The average Bonchev–Trinajstić information content (AvgIpc) is 3.28. The van der Waals surface area contributed by atoms with E-state index >= 15 is 0 Å². The summed E-state index contributed by atoms with van der Waals surface area (Å²) in [5, 5.41) is 33.1. The van der Waals surface area contributed by atoms with Gasteiger partial charge in [-0.25, -0.2) is 0 Å². The average molecular weight is 873 g/mol. The minimum atomic E-state index is -1.11. The first-order valence-corrected chi connectivity index (χ1v) is 27.8. The number of hydrogen-bond acceptors (Lipinski definition) is 4. The first-order chi connectivity index (χ1) is 30.6. The Bertz CT molecular complexity index is 962. The number of aliphatic hydroxyl groups excluding tert-OH is 3. The van der Waals surface area contributed by atoms with Crippen molar-refractivity contribution in [3.05, 3.63) is 36.5 Å². The van der Waals surface area contributed by atoms with Crippen molar-refractivity contribution >= 4 is 5.91 Å². The van der Waals surface area contributed by atoms with E-state index in [1.54, 1.807) is 6.08 Å². The fraction of sp³-hybridized carbons (Fsp3) is 0.877. The molecule has 0 saturated heterocycles. The smallest absolute Gasteiger partial charge is 0.249 e. The van der Waals surface area contributed by atoms with E-state index in [1.165, 1.54) is 231 Å². The van der Waals surface area contributed by atoms with Gasteiger partial charge in [-0.1, -0.05) is 294 Å². The number of nitrogens with one attached hydrogen (secondary N) is 1. The Morgan fingerprint density at radius 2 is 0.661 bits per heavy atom. The maximum atomic E-state index is 12.5. The van der Waals surface area contributed by atoms with Gasteiger partial charge in [-0.15, -0.1) is 0 Å². The largest absolute Gasteiger partial charge is 0.394 e. The minimum absolute atomic E-state index is 0.380. The summed E-state index contributed by atoms with van der Waals surface area (Å²) in [5.74, 6) is -0.514. The fourth-order valence-electron chi connectivity index (χ4n) is 8.62. The number of carbonyl (C=O) groups excluding carboxylic acids is 1. The standard InChI is InChI=1S/C57H109NO4/c1-3-5-7-9-11-13-15-17-18-19-20-21-22-23-24-25-26-27-28-29-30-31-32-33-34-35-36-37-38-39-40-42-44-46-48-50-52-56(61)57(62)58-54(53-59)55(60)51-49-47-45-43-41-16-14-12-10-8-6-4-2/h10,12,41,43,49,51,54-56,59-61H,3-9,11,13-40,42,44-48,50,52-53H2,1-2H3,(H,58,62)/b12-10+,43-41+,51-49+. The van der Waals surface area contributed by atoms with Gasteiger partial charge in [-0.2, -0.15) is 0 Å². The summed E-state index contributed by atoms with van der Waals surface area (Å²) in [7, 11) is 0. The van der Waals surface area contributed by atoms with Gasteiger partial charge in [-0.3, -0.25) is 4.79 Å². The molecular weight excluding hydrogens is 763 g/mol. The summed E-state index contributed by atoms with van der Waals surface area (Å²) < 4.78 is 0. The van der Waals surface area contributed by atoms with Crippen LogP contribution < -0.4 is 5.32 Å². The predicted molar refractivity (Wildman–Crippen MR) is 273 cm³/mol. The van der Waals surface area contributed by atoms with E-state index in [9.17, 15) is 20.1 Å². The van der Waals surface area contributed by atoms with Gasteiger partial charge in [0.05, 0.1) is 18.8 Å². The van der Waals surface area contributed by atoms with Crippen LogP contribution in [0, 0.1) is 0 Å². The third kappa shape index (κ3) is 46.6. The number of carbonyl (C=O) groups is 1. The molecule has 0 aromatic carbocycles. The zero-order valence-electron chi connectivity index (χ0n) is 41.8. The highest BCUT2D eigenvalue weighted by atomic mass is 16.3. The number of amides is 1. The van der Waals surface area contributed by atoms with Crippen molar-refractivity contribution in [2.75, 3.05) is 6.61 Å². The summed E-state index contributed by atoms with van der Waals surface area (Å²) in [4.78, 5) is 12.5. The van der Waals surface area contributed by atoms with E-state index in [-0.39, 0.29) is 6.61 Å². The molecule has 3 unspecified atom stereocenters. The molecule has 366 valence electrons. The summed E-state index contributed by atoms with van der Waals surface area (Å²) >= 11 is 0. The molecule has 0 radical (unpaired) electrons. The summed E-state index contributed by atoms with van der Waals surface area (Å²) in [6.45, 7) is 4.13. The van der Waals surface area contributed by atoms with Crippen LogP contribution in [0.2, 0.25) is 0 Å². The molecule has 1 amide bonds. The summed E-state index contributed by atoms with van der Waals surface area (Å²) in [6, 6.07) is -0.818. The first kappa shape index (κ1) is 60.6. The molecule has 0 aliphatic heterocycles. The molecule has 0 rings (SSSR count). The summed E-state index contributed by atoms with van der Waals surface area (Å²) in [6.07, 6.45) is 68.2. The third-order valence-corrected chi connectivity index (χ3v) is 13.0. The van der Waals surface area contributed by atoms with Crippen LogP contribution in [0.15, 0.2) is 36.5 Å². The maximum Gasteiger partial charge on any atom is 0.249 e. The van der Waals surface area contributed by atoms with Gasteiger partial charge in [0.25, 0.3) is 0 Å². The molecule has 0 spiro atoms. The van der Waals surface area contributed by atoms with Crippen LogP contribution in [-0.2, 0) is 4.79 Å². The van der Waals surface area contributed by atoms with Crippen LogP contribution >= 0.6 is 0 Å². The van der Waals surface area contributed by atoms with Crippen LogP contribution in [0.4, 0.5) is 0 Å². The Hall–Kier alpha value is -1.43. The van der Waals surface area contributed by atoms with E-state index in [4.69, 9.17) is 0 Å². The molecule has 0 aromatic rings. The molecular formula is C57H109NO4. The van der Waals surface area contributed by atoms with Gasteiger partial charge in [0.1, 0.15) is 6.10 Å². The molecule has 4 N–H and O–H groups in total. The minimum Gasteiger partial charge on any atom is -0.394 e. The Labute approximate surface area is 387 Å². The number of aliphatic hydroxyl groups is 3. The van der Waals surface area contributed by atoms with Gasteiger partial charge < -0.3 is 20.6 Å². The Morgan fingerprint density at radius 3 is 0.968 bits per heavy atom. The zero-order chi connectivity index (χ0) is 45.1. The van der Waals surface area contributed by atoms with E-state index in [0.29, 0.717) is 6.42 Å². The van der Waals surface area contributed by atoms with Crippen molar-refractivity contribution in [3.8, 4) is 0 Å². The van der Waals surface area contributed by atoms with Crippen LogP contribution in [0.5, 0.6) is 0 Å². The first-order valence-electron chi connectivity index (χ1n) is 27.8. The molecule has 0 bridgehead atoms. The lowest BCUT2D eigenvalue weighted by molar-refractivity contribution is -0.131.